The molecular weight excluding hydrogens is 605 g/mol. The van der Waals surface area contributed by atoms with E-state index in [4.69, 9.17) is 18.2 Å². The second-order valence-electron chi connectivity index (χ2n) is 11.8. The Balaban J connectivity index is 1.48. The second kappa shape index (κ2) is 13.2. The highest BCUT2D eigenvalue weighted by Crippen LogP contribution is 2.60. The van der Waals surface area contributed by atoms with Crippen molar-refractivity contribution < 1.29 is 32.4 Å². The first-order valence-electron chi connectivity index (χ1n) is 14.7. The monoisotopic (exact) mass is 643 g/mol. The highest BCUT2D eigenvalue weighted by Gasteiger charge is 2.52. The lowest BCUT2D eigenvalue weighted by atomic mass is 10.1. The summed E-state index contributed by atoms with van der Waals surface area (Å²) < 4.78 is 37.9. The topological polar surface area (TPSA) is 91.4 Å². The van der Waals surface area contributed by atoms with E-state index in [0.717, 1.165) is 15.3 Å². The minimum Gasteiger partial charge on any atom is -0.534 e. The molecule has 0 fully saturated rings. The highest BCUT2D eigenvalue weighted by molar-refractivity contribution is 7.54. The molecule has 0 N–H and O–H groups in total. The number of carbonyl (C=O) groups is 2. The van der Waals surface area contributed by atoms with Crippen molar-refractivity contribution in [2.75, 3.05) is 27.4 Å². The first-order valence-corrected chi connectivity index (χ1v) is 18.3. The minimum absolute atomic E-state index is 0.0332. The summed E-state index contributed by atoms with van der Waals surface area (Å²) in [5.41, 5.74) is 1.22. The minimum atomic E-state index is -3.84. The standard InChI is InChI=1S/C35H38NO7PSi/c1-35(2,3)45(28-17-8-6-9-18-28,29-19-10-7-11-20-29)43-27-16-14-15-26(25-27)34(44(39,40-4)41-5)42-24-23-36-32(37)30-21-12-13-22-31(30)33(36)38/h6-22,25,34H,23-24H2,1-5H3. The third-order valence-electron chi connectivity index (χ3n) is 8.10. The van der Waals surface area contributed by atoms with Gasteiger partial charge in [-0.1, -0.05) is 106 Å². The molecule has 0 aliphatic carbocycles. The summed E-state index contributed by atoms with van der Waals surface area (Å²) in [6.45, 7) is 6.45. The summed E-state index contributed by atoms with van der Waals surface area (Å²) in [5, 5.41) is 1.95. The van der Waals surface area contributed by atoms with Gasteiger partial charge < -0.3 is 18.2 Å². The number of nitrogens with zero attached hydrogens (tertiary/aromatic N) is 1. The Kier molecular flexibility index (Phi) is 9.58. The predicted molar refractivity (Wildman–Crippen MR) is 177 cm³/mol. The van der Waals surface area contributed by atoms with Crippen LogP contribution < -0.4 is 14.8 Å². The quantitative estimate of drug-likeness (QED) is 0.1000. The lowest BCUT2D eigenvalue weighted by Crippen LogP contribution is -2.68. The molecular formula is C35H38NO7PSi. The first kappa shape index (κ1) is 32.5. The van der Waals surface area contributed by atoms with Crippen LogP contribution in [-0.4, -0.2) is 52.4 Å². The number of imide groups is 1. The van der Waals surface area contributed by atoms with E-state index in [1.54, 1.807) is 36.4 Å². The number of rotatable bonds is 12. The summed E-state index contributed by atoms with van der Waals surface area (Å²) in [5.74, 6) is -1.35. The highest BCUT2D eigenvalue weighted by atomic mass is 31.2. The van der Waals surface area contributed by atoms with Gasteiger partial charge in [0.05, 0.1) is 24.3 Å². The van der Waals surface area contributed by atoms with Crippen molar-refractivity contribution in [3.05, 3.63) is 126 Å². The third kappa shape index (κ3) is 6.19. The number of hydrogen-bond donors (Lipinski definition) is 0. The molecule has 10 heteroatoms. The van der Waals surface area contributed by atoms with Crippen molar-refractivity contribution >= 4 is 38.1 Å². The molecule has 0 radical (unpaired) electrons. The van der Waals surface area contributed by atoms with Gasteiger partial charge in [0.1, 0.15) is 5.75 Å². The molecule has 5 rings (SSSR count). The molecule has 234 valence electrons. The SMILES string of the molecule is COP(=O)(OC)C(OCCN1C(=O)c2ccccc2C1=O)c1cccc(O[Si](c2ccccc2)(c2ccccc2)C(C)(C)C)c1. The molecule has 4 aromatic rings. The third-order valence-corrected chi connectivity index (χ3v) is 15.1. The van der Waals surface area contributed by atoms with Crippen molar-refractivity contribution in [1.82, 2.24) is 4.90 Å². The predicted octanol–water partition coefficient (Wildman–Crippen LogP) is 6.42. The van der Waals surface area contributed by atoms with E-state index < -0.39 is 33.6 Å². The molecule has 0 aromatic heterocycles. The fourth-order valence-electron chi connectivity index (χ4n) is 5.89. The molecule has 1 heterocycles. The second-order valence-corrected chi connectivity index (χ2v) is 18.3. The Morgan fingerprint density at radius 3 is 1.73 bits per heavy atom. The van der Waals surface area contributed by atoms with E-state index in [1.165, 1.54) is 14.2 Å². The molecule has 2 amide bonds. The average Bonchev–Trinajstić information content (AvgIpc) is 3.30. The zero-order valence-corrected chi connectivity index (χ0v) is 28.0. The molecule has 8 nitrogen and oxygen atoms in total. The molecule has 4 aromatic carbocycles. The molecule has 1 aliphatic heterocycles. The van der Waals surface area contributed by atoms with Gasteiger partial charge in [-0.25, -0.2) is 0 Å². The number of carbonyl (C=O) groups excluding carboxylic acids is 2. The van der Waals surface area contributed by atoms with Gasteiger partial charge in [0.15, 0.2) is 5.85 Å². The van der Waals surface area contributed by atoms with E-state index >= 15 is 0 Å². The smallest absolute Gasteiger partial charge is 0.363 e. The number of hydrogen-bond acceptors (Lipinski definition) is 7. The van der Waals surface area contributed by atoms with Gasteiger partial charge in [-0.3, -0.25) is 19.1 Å². The normalized spacial score (nSPS) is 14.4. The van der Waals surface area contributed by atoms with Crippen LogP contribution in [0.2, 0.25) is 5.04 Å². The van der Waals surface area contributed by atoms with Gasteiger partial charge in [-0.05, 0) is 45.2 Å². The van der Waals surface area contributed by atoms with Crippen molar-refractivity contribution in [2.24, 2.45) is 0 Å². The largest absolute Gasteiger partial charge is 0.534 e. The van der Waals surface area contributed by atoms with Gasteiger partial charge in [-0.2, -0.15) is 0 Å². The first-order chi connectivity index (χ1) is 21.6. The molecule has 0 saturated carbocycles. The molecule has 0 saturated heterocycles. The fraction of sp³-hybridized carbons (Fsp3) is 0.257. The van der Waals surface area contributed by atoms with Crippen molar-refractivity contribution in [3.8, 4) is 5.75 Å². The van der Waals surface area contributed by atoms with E-state index in [0.29, 0.717) is 22.4 Å². The zero-order chi connectivity index (χ0) is 32.2. The van der Waals surface area contributed by atoms with E-state index in [2.05, 4.69) is 45.0 Å². The lowest BCUT2D eigenvalue weighted by molar-refractivity contribution is 0.0462. The molecule has 0 spiro atoms. The van der Waals surface area contributed by atoms with Gasteiger partial charge in [0, 0.05) is 14.2 Å². The Labute approximate surface area is 265 Å². The van der Waals surface area contributed by atoms with E-state index in [9.17, 15) is 14.2 Å². The summed E-state index contributed by atoms with van der Waals surface area (Å²) in [6, 6.07) is 34.5. The van der Waals surface area contributed by atoms with Crippen molar-refractivity contribution in [1.29, 1.82) is 0 Å². The number of benzene rings is 4. The van der Waals surface area contributed by atoms with E-state index in [-0.39, 0.29) is 18.2 Å². The maximum atomic E-state index is 13.8. The molecule has 1 unspecified atom stereocenters. The van der Waals surface area contributed by atoms with Crippen LogP contribution in [-0.2, 0) is 18.3 Å². The van der Waals surface area contributed by atoms with Gasteiger partial charge in [0.25, 0.3) is 11.8 Å². The molecule has 45 heavy (non-hydrogen) atoms. The van der Waals surface area contributed by atoms with Crippen LogP contribution in [0, 0.1) is 0 Å². The van der Waals surface area contributed by atoms with Gasteiger partial charge in [-0.15, -0.1) is 0 Å². The van der Waals surface area contributed by atoms with Crippen LogP contribution in [0.3, 0.4) is 0 Å². The maximum Gasteiger partial charge on any atom is 0.363 e. The average molecular weight is 644 g/mol. The van der Waals surface area contributed by atoms with Crippen molar-refractivity contribution in [2.45, 2.75) is 31.7 Å². The fourth-order valence-corrected chi connectivity index (χ4v) is 11.6. The van der Waals surface area contributed by atoms with Crippen LogP contribution in [0.4, 0.5) is 0 Å². The number of amides is 2. The zero-order valence-electron chi connectivity index (χ0n) is 26.1. The summed E-state index contributed by atoms with van der Waals surface area (Å²) >= 11 is 0. The summed E-state index contributed by atoms with van der Waals surface area (Å²) in [4.78, 5) is 26.9. The Morgan fingerprint density at radius 1 is 0.733 bits per heavy atom. The van der Waals surface area contributed by atoms with Crippen LogP contribution >= 0.6 is 7.60 Å². The van der Waals surface area contributed by atoms with Crippen molar-refractivity contribution in [3.63, 3.8) is 0 Å². The van der Waals surface area contributed by atoms with Gasteiger partial charge >= 0.3 is 15.9 Å². The molecule has 1 atom stereocenters. The molecule has 0 bridgehead atoms. The Bertz CT molecular complexity index is 1630. The maximum absolute atomic E-state index is 13.8. The van der Waals surface area contributed by atoms with Crippen LogP contribution in [0.15, 0.2) is 109 Å². The Hall–Kier alpha value is -3.85. The summed E-state index contributed by atoms with van der Waals surface area (Å²) in [6.07, 6.45) is 0. The van der Waals surface area contributed by atoms with Crippen LogP contribution in [0.5, 0.6) is 5.75 Å². The van der Waals surface area contributed by atoms with Crippen LogP contribution in [0.25, 0.3) is 0 Å². The van der Waals surface area contributed by atoms with Gasteiger partial charge in [0.2, 0.25) is 0 Å². The van der Waals surface area contributed by atoms with Crippen LogP contribution in [0.1, 0.15) is 52.9 Å². The number of fused-ring (bicyclic) bond motifs is 1. The van der Waals surface area contributed by atoms with E-state index in [1.807, 2.05) is 48.5 Å². The lowest BCUT2D eigenvalue weighted by Gasteiger charge is -2.43. The molecule has 1 aliphatic rings. The summed E-state index contributed by atoms with van der Waals surface area (Å²) in [7, 11) is -4.19. The number of ether oxygens (including phenoxy) is 1. The Morgan fingerprint density at radius 2 is 1.24 bits per heavy atom.